The summed E-state index contributed by atoms with van der Waals surface area (Å²) in [5.74, 6) is 0.446. The summed E-state index contributed by atoms with van der Waals surface area (Å²) in [4.78, 5) is 24.7. The van der Waals surface area contributed by atoms with E-state index in [-0.39, 0.29) is 11.9 Å². The first-order chi connectivity index (χ1) is 15.0. The highest BCUT2D eigenvalue weighted by molar-refractivity contribution is 6.04. The van der Waals surface area contributed by atoms with Crippen LogP contribution in [0.1, 0.15) is 18.1 Å². The maximum absolute atomic E-state index is 12.4. The zero-order chi connectivity index (χ0) is 22.1. The van der Waals surface area contributed by atoms with Gasteiger partial charge in [-0.15, -0.1) is 0 Å². The van der Waals surface area contributed by atoms with Gasteiger partial charge in [0.1, 0.15) is 5.75 Å². The molecule has 0 unspecified atom stereocenters. The Kier molecular flexibility index (Phi) is 7.43. The van der Waals surface area contributed by atoms with E-state index in [2.05, 4.69) is 16.0 Å². The predicted octanol–water partition coefficient (Wildman–Crippen LogP) is 5.69. The molecule has 0 atom stereocenters. The Balaban J connectivity index is 1.65. The van der Waals surface area contributed by atoms with Gasteiger partial charge in [-0.3, -0.25) is 4.79 Å². The van der Waals surface area contributed by atoms with Gasteiger partial charge in [-0.2, -0.15) is 0 Å². The molecule has 3 aromatic carbocycles. The van der Waals surface area contributed by atoms with E-state index in [1.54, 1.807) is 30.3 Å². The summed E-state index contributed by atoms with van der Waals surface area (Å²) < 4.78 is 5.57. The molecule has 0 fully saturated rings. The number of para-hydroxylation sites is 2. The van der Waals surface area contributed by atoms with Crippen molar-refractivity contribution in [2.45, 2.75) is 13.8 Å². The van der Waals surface area contributed by atoms with Crippen molar-refractivity contribution in [3.8, 4) is 5.75 Å². The van der Waals surface area contributed by atoms with Gasteiger partial charge in [0, 0.05) is 28.7 Å². The van der Waals surface area contributed by atoms with Gasteiger partial charge < -0.3 is 20.7 Å². The second kappa shape index (κ2) is 10.6. The van der Waals surface area contributed by atoms with E-state index in [4.69, 9.17) is 4.74 Å². The largest absolute Gasteiger partial charge is 0.493 e. The molecule has 3 aromatic rings. The number of carbonyl (C=O) groups excluding carboxylic acids is 2. The van der Waals surface area contributed by atoms with Crippen molar-refractivity contribution in [3.63, 3.8) is 0 Å². The van der Waals surface area contributed by atoms with Crippen LogP contribution in [-0.4, -0.2) is 18.5 Å². The molecule has 3 amide bonds. The van der Waals surface area contributed by atoms with Gasteiger partial charge in [0.05, 0.1) is 6.61 Å². The lowest BCUT2D eigenvalue weighted by Crippen LogP contribution is -2.19. The minimum Gasteiger partial charge on any atom is -0.493 e. The quantitative estimate of drug-likeness (QED) is 0.434. The fourth-order valence-corrected chi connectivity index (χ4v) is 2.89. The van der Waals surface area contributed by atoms with Crippen molar-refractivity contribution < 1.29 is 14.3 Å². The van der Waals surface area contributed by atoms with Crippen LogP contribution in [0.5, 0.6) is 5.75 Å². The van der Waals surface area contributed by atoms with Gasteiger partial charge in [0.25, 0.3) is 0 Å². The Labute approximate surface area is 181 Å². The number of aryl methyl sites for hydroxylation is 1. The van der Waals surface area contributed by atoms with Crippen molar-refractivity contribution >= 4 is 35.1 Å². The third kappa shape index (κ3) is 6.47. The van der Waals surface area contributed by atoms with E-state index in [9.17, 15) is 9.59 Å². The van der Waals surface area contributed by atoms with Crippen LogP contribution in [0.3, 0.4) is 0 Å². The Hall–Kier alpha value is -4.06. The molecule has 158 valence electrons. The van der Waals surface area contributed by atoms with Crippen molar-refractivity contribution in [2.24, 2.45) is 0 Å². The van der Waals surface area contributed by atoms with Crippen molar-refractivity contribution in [3.05, 3.63) is 90.0 Å². The van der Waals surface area contributed by atoms with Crippen LogP contribution in [0.2, 0.25) is 0 Å². The van der Waals surface area contributed by atoms with Crippen LogP contribution in [0.15, 0.2) is 78.9 Å². The van der Waals surface area contributed by atoms with Crippen LogP contribution in [0.4, 0.5) is 21.9 Å². The number of rotatable bonds is 7. The highest BCUT2D eigenvalue weighted by Crippen LogP contribution is 2.22. The molecule has 31 heavy (non-hydrogen) atoms. The zero-order valence-electron chi connectivity index (χ0n) is 17.5. The lowest BCUT2D eigenvalue weighted by atomic mass is 10.1. The Morgan fingerprint density at radius 2 is 1.58 bits per heavy atom. The lowest BCUT2D eigenvalue weighted by Gasteiger charge is -2.11. The third-order valence-electron chi connectivity index (χ3n) is 4.42. The molecule has 0 heterocycles. The summed E-state index contributed by atoms with van der Waals surface area (Å²) in [5, 5.41) is 8.39. The molecular weight excluding hydrogens is 390 g/mol. The number of anilines is 3. The van der Waals surface area contributed by atoms with E-state index in [0.29, 0.717) is 23.7 Å². The van der Waals surface area contributed by atoms with Crippen molar-refractivity contribution in [2.75, 3.05) is 22.6 Å². The molecule has 6 nitrogen and oxygen atoms in total. The molecule has 3 rings (SSSR count). The standard InChI is InChI=1S/C25H25N3O3/c1-3-31-23-12-8-7-9-19(23)14-16-24(29)28-22-17-21(15-13-18(22)2)27-25(30)26-20-10-5-4-6-11-20/h4-17H,3H2,1-2H3,(H,28,29)(H2,26,27,30)/b16-14+. The lowest BCUT2D eigenvalue weighted by molar-refractivity contribution is -0.111. The van der Waals surface area contributed by atoms with Gasteiger partial charge in [0.2, 0.25) is 5.91 Å². The van der Waals surface area contributed by atoms with Crippen LogP contribution in [0, 0.1) is 6.92 Å². The monoisotopic (exact) mass is 415 g/mol. The first kappa shape index (κ1) is 21.6. The summed E-state index contributed by atoms with van der Waals surface area (Å²) in [5.41, 5.74) is 3.58. The summed E-state index contributed by atoms with van der Waals surface area (Å²) in [7, 11) is 0. The zero-order valence-corrected chi connectivity index (χ0v) is 17.5. The number of hydrogen-bond acceptors (Lipinski definition) is 3. The molecule has 0 bridgehead atoms. The van der Waals surface area contributed by atoms with Gasteiger partial charge in [0.15, 0.2) is 0 Å². The highest BCUT2D eigenvalue weighted by atomic mass is 16.5. The van der Waals surface area contributed by atoms with Gasteiger partial charge >= 0.3 is 6.03 Å². The highest BCUT2D eigenvalue weighted by Gasteiger charge is 2.07. The maximum atomic E-state index is 12.4. The summed E-state index contributed by atoms with van der Waals surface area (Å²) in [6, 6.07) is 21.7. The minimum absolute atomic E-state index is 0.278. The molecule has 0 aliphatic carbocycles. The van der Waals surface area contributed by atoms with Crippen LogP contribution < -0.4 is 20.7 Å². The summed E-state index contributed by atoms with van der Waals surface area (Å²) in [6.45, 7) is 4.35. The minimum atomic E-state index is -0.361. The number of carbonyl (C=O) groups is 2. The predicted molar refractivity (Wildman–Crippen MR) is 126 cm³/mol. The van der Waals surface area contributed by atoms with E-state index >= 15 is 0 Å². The smallest absolute Gasteiger partial charge is 0.323 e. The van der Waals surface area contributed by atoms with E-state index in [1.807, 2.05) is 62.4 Å². The third-order valence-corrected chi connectivity index (χ3v) is 4.42. The molecule has 0 saturated carbocycles. The molecule has 0 aliphatic rings. The Morgan fingerprint density at radius 1 is 0.871 bits per heavy atom. The number of benzene rings is 3. The second-order valence-corrected chi connectivity index (χ2v) is 6.77. The van der Waals surface area contributed by atoms with Crippen LogP contribution in [-0.2, 0) is 4.79 Å². The molecule has 0 radical (unpaired) electrons. The van der Waals surface area contributed by atoms with Crippen LogP contribution in [0.25, 0.3) is 6.08 Å². The first-order valence-corrected chi connectivity index (χ1v) is 9.99. The van der Waals surface area contributed by atoms with Gasteiger partial charge in [-0.25, -0.2) is 4.79 Å². The van der Waals surface area contributed by atoms with Crippen LogP contribution >= 0.6 is 0 Å². The van der Waals surface area contributed by atoms with E-state index in [1.165, 1.54) is 6.08 Å². The van der Waals surface area contributed by atoms with Gasteiger partial charge in [-0.05, 0) is 55.8 Å². The Morgan fingerprint density at radius 3 is 2.35 bits per heavy atom. The SMILES string of the molecule is CCOc1ccccc1/C=C/C(=O)Nc1cc(NC(=O)Nc2ccccc2)ccc1C. The van der Waals surface area contributed by atoms with Crippen molar-refractivity contribution in [1.82, 2.24) is 0 Å². The summed E-state index contributed by atoms with van der Waals surface area (Å²) in [6.07, 6.45) is 3.17. The maximum Gasteiger partial charge on any atom is 0.323 e. The molecule has 3 N–H and O–H groups in total. The fraction of sp³-hybridized carbons (Fsp3) is 0.120. The number of ether oxygens (including phenoxy) is 1. The number of urea groups is 1. The molecule has 0 aliphatic heterocycles. The molecule has 0 spiro atoms. The molecule has 6 heteroatoms. The van der Waals surface area contributed by atoms with Crippen molar-refractivity contribution in [1.29, 1.82) is 0 Å². The number of nitrogens with one attached hydrogen (secondary N) is 3. The van der Waals surface area contributed by atoms with E-state index in [0.717, 1.165) is 16.9 Å². The molecular formula is C25H25N3O3. The second-order valence-electron chi connectivity index (χ2n) is 6.77. The Bertz CT molecular complexity index is 1080. The average Bonchev–Trinajstić information content (AvgIpc) is 2.76. The normalized spacial score (nSPS) is 10.5. The molecule has 0 aromatic heterocycles. The molecule has 0 saturated heterocycles. The van der Waals surface area contributed by atoms with Gasteiger partial charge in [-0.1, -0.05) is 42.5 Å². The topological polar surface area (TPSA) is 79.5 Å². The van der Waals surface area contributed by atoms with E-state index < -0.39 is 0 Å². The number of hydrogen-bond donors (Lipinski definition) is 3. The fourth-order valence-electron chi connectivity index (χ4n) is 2.89. The first-order valence-electron chi connectivity index (χ1n) is 9.99. The summed E-state index contributed by atoms with van der Waals surface area (Å²) >= 11 is 0. The average molecular weight is 415 g/mol. The number of amides is 3.